The van der Waals surface area contributed by atoms with Crippen molar-refractivity contribution >= 4 is 5.97 Å². The Hall–Kier alpha value is -4.53. The van der Waals surface area contributed by atoms with Crippen molar-refractivity contribution in [3.63, 3.8) is 0 Å². The Bertz CT molecular complexity index is 1420. The van der Waals surface area contributed by atoms with Crippen LogP contribution in [-0.2, 0) is 11.0 Å². The van der Waals surface area contributed by atoms with Crippen LogP contribution in [-0.4, -0.2) is 20.8 Å². The van der Waals surface area contributed by atoms with Crippen LogP contribution in [0.5, 0.6) is 5.88 Å². The van der Waals surface area contributed by atoms with E-state index in [1.807, 2.05) is 13.0 Å². The van der Waals surface area contributed by atoms with E-state index < -0.39 is 23.9 Å². The molecule has 36 heavy (non-hydrogen) atoms. The minimum atomic E-state index is -4.81. The minimum absolute atomic E-state index is 0.130. The van der Waals surface area contributed by atoms with Crippen LogP contribution < -0.4 is 4.74 Å². The van der Waals surface area contributed by atoms with Crippen LogP contribution in [0.3, 0.4) is 0 Å². The number of carbonyl (C=O) groups is 1. The second kappa shape index (κ2) is 9.26. The van der Waals surface area contributed by atoms with Crippen molar-refractivity contribution in [2.75, 3.05) is 0 Å². The van der Waals surface area contributed by atoms with Crippen LogP contribution in [0.15, 0.2) is 97.4 Å². The van der Waals surface area contributed by atoms with Crippen LogP contribution >= 0.6 is 0 Å². The zero-order valence-corrected chi connectivity index (χ0v) is 19.0. The number of aromatic nitrogens is 2. The molecule has 5 rings (SSSR count). The lowest BCUT2D eigenvalue weighted by molar-refractivity contribution is -0.144. The third-order valence-electron chi connectivity index (χ3n) is 5.62. The number of carbonyl (C=O) groups excluding carboxylic acids is 1. The number of benzene rings is 3. The molecule has 9 heteroatoms. The number of halogens is 3. The smallest absolute Gasteiger partial charge is 0.435 e. The summed E-state index contributed by atoms with van der Waals surface area (Å²) < 4.78 is 49.9. The van der Waals surface area contributed by atoms with E-state index in [2.05, 4.69) is 5.10 Å². The molecule has 1 atom stereocenters. The zero-order valence-electron chi connectivity index (χ0n) is 19.0. The maximum absolute atomic E-state index is 14.4. The molecule has 0 N–H and O–H groups in total. The SMILES string of the molecule is Cc1cccc(C2c3c(C(F)(F)F)nn(-c4ccccc4)c3OC=CN2OC(=O)c2ccccc2)c1. The molecule has 0 bridgehead atoms. The maximum Gasteiger partial charge on any atom is 0.435 e. The van der Waals surface area contributed by atoms with E-state index in [1.54, 1.807) is 78.9 Å². The van der Waals surface area contributed by atoms with Gasteiger partial charge >= 0.3 is 12.1 Å². The number of nitrogens with zero attached hydrogens (tertiary/aromatic N) is 3. The highest BCUT2D eigenvalue weighted by Crippen LogP contribution is 2.46. The Balaban J connectivity index is 1.71. The minimum Gasteiger partial charge on any atom is -0.445 e. The summed E-state index contributed by atoms with van der Waals surface area (Å²) in [5.74, 6) is -0.861. The molecule has 0 saturated heterocycles. The van der Waals surface area contributed by atoms with Crippen LogP contribution in [0.25, 0.3) is 5.69 Å². The largest absolute Gasteiger partial charge is 0.445 e. The van der Waals surface area contributed by atoms with Gasteiger partial charge in [0.2, 0.25) is 5.88 Å². The van der Waals surface area contributed by atoms with Crippen LogP contribution in [0.2, 0.25) is 0 Å². The number of hydroxylamine groups is 2. The van der Waals surface area contributed by atoms with Crippen LogP contribution in [0.4, 0.5) is 13.2 Å². The van der Waals surface area contributed by atoms with Gasteiger partial charge in [0.25, 0.3) is 0 Å². The summed E-state index contributed by atoms with van der Waals surface area (Å²) in [5, 5.41) is 4.98. The Labute approximate surface area is 204 Å². The predicted octanol–water partition coefficient (Wildman–Crippen LogP) is 6.23. The predicted molar refractivity (Wildman–Crippen MR) is 125 cm³/mol. The fourth-order valence-electron chi connectivity index (χ4n) is 4.06. The Morgan fingerprint density at radius 2 is 1.67 bits per heavy atom. The van der Waals surface area contributed by atoms with E-state index in [4.69, 9.17) is 9.57 Å². The number of rotatable bonds is 4. The molecule has 0 saturated carbocycles. The van der Waals surface area contributed by atoms with Gasteiger partial charge in [0.05, 0.1) is 23.0 Å². The molecular formula is C27H20F3N3O3. The van der Waals surface area contributed by atoms with Gasteiger partial charge in [-0.1, -0.05) is 66.2 Å². The van der Waals surface area contributed by atoms with Gasteiger partial charge in [-0.2, -0.15) is 28.0 Å². The van der Waals surface area contributed by atoms with Crippen LogP contribution in [0.1, 0.15) is 38.8 Å². The standard InChI is InChI=1S/C27H20F3N3O3/c1-18-9-8-12-20(17-18)23-22-24(27(28,29)30)31-33(21-13-6-3-7-14-21)25(22)35-16-15-32(23)36-26(34)19-10-4-2-5-11-19/h2-17,23H,1H3. The first kappa shape index (κ1) is 23.2. The highest BCUT2D eigenvalue weighted by Gasteiger charge is 2.45. The molecule has 1 unspecified atom stereocenters. The van der Waals surface area contributed by atoms with Crippen molar-refractivity contribution in [2.24, 2.45) is 0 Å². The number of hydrogen-bond acceptors (Lipinski definition) is 5. The molecule has 6 nitrogen and oxygen atoms in total. The molecule has 182 valence electrons. The van der Waals surface area contributed by atoms with Crippen molar-refractivity contribution in [3.05, 3.63) is 125 Å². The number of fused-ring (bicyclic) bond motifs is 1. The quantitative estimate of drug-likeness (QED) is 0.339. The molecule has 4 aromatic rings. The summed E-state index contributed by atoms with van der Waals surface area (Å²) in [5.41, 5.74) is 0.498. The number of hydrogen-bond donors (Lipinski definition) is 0. The highest BCUT2D eigenvalue weighted by molar-refractivity contribution is 5.89. The lowest BCUT2D eigenvalue weighted by Gasteiger charge is -2.28. The van der Waals surface area contributed by atoms with Gasteiger partial charge in [0, 0.05) is 0 Å². The Morgan fingerprint density at radius 1 is 0.972 bits per heavy atom. The average molecular weight is 491 g/mol. The molecule has 1 aliphatic heterocycles. The van der Waals surface area contributed by atoms with Gasteiger partial charge in [-0.05, 0) is 36.8 Å². The summed E-state index contributed by atoms with van der Waals surface area (Å²) in [6.07, 6.45) is -2.34. The molecule has 3 aromatic carbocycles. The monoisotopic (exact) mass is 491 g/mol. The molecule has 2 heterocycles. The first-order valence-electron chi connectivity index (χ1n) is 11.0. The molecular weight excluding hydrogens is 471 g/mol. The second-order valence-corrected chi connectivity index (χ2v) is 8.14. The summed E-state index contributed by atoms with van der Waals surface area (Å²) >= 11 is 0. The van der Waals surface area contributed by atoms with Crippen molar-refractivity contribution in [3.8, 4) is 11.6 Å². The third kappa shape index (κ3) is 4.43. The number of alkyl halides is 3. The first-order valence-corrected chi connectivity index (χ1v) is 11.0. The van der Waals surface area contributed by atoms with Crippen molar-refractivity contribution < 1.29 is 27.5 Å². The molecule has 0 aliphatic carbocycles. The Kier molecular flexibility index (Phi) is 5.97. The van der Waals surface area contributed by atoms with Crippen molar-refractivity contribution in [1.82, 2.24) is 14.8 Å². The molecule has 1 aliphatic rings. The van der Waals surface area contributed by atoms with Crippen LogP contribution in [0, 0.1) is 6.92 Å². The van der Waals surface area contributed by atoms with Crippen molar-refractivity contribution in [1.29, 1.82) is 0 Å². The van der Waals surface area contributed by atoms with Gasteiger partial charge in [0.1, 0.15) is 12.3 Å². The van der Waals surface area contributed by atoms with Gasteiger partial charge < -0.3 is 9.57 Å². The molecule has 1 aromatic heterocycles. The van der Waals surface area contributed by atoms with E-state index in [1.165, 1.54) is 12.5 Å². The van der Waals surface area contributed by atoms with E-state index in [-0.39, 0.29) is 17.0 Å². The highest BCUT2D eigenvalue weighted by atomic mass is 19.4. The molecule has 0 radical (unpaired) electrons. The number of para-hydroxylation sites is 1. The topological polar surface area (TPSA) is 56.6 Å². The number of ether oxygens (including phenoxy) is 1. The van der Waals surface area contributed by atoms with Gasteiger partial charge in [-0.3, -0.25) is 0 Å². The van der Waals surface area contributed by atoms with Gasteiger partial charge in [-0.25, -0.2) is 4.79 Å². The molecule has 0 amide bonds. The first-order chi connectivity index (χ1) is 17.3. The van der Waals surface area contributed by atoms with Gasteiger partial charge in [0.15, 0.2) is 5.69 Å². The lowest BCUT2D eigenvalue weighted by atomic mass is 9.96. The summed E-state index contributed by atoms with van der Waals surface area (Å²) in [7, 11) is 0. The van der Waals surface area contributed by atoms with Gasteiger partial charge in [-0.15, -0.1) is 0 Å². The third-order valence-corrected chi connectivity index (χ3v) is 5.62. The normalized spacial score (nSPS) is 15.1. The van der Waals surface area contributed by atoms with E-state index in [0.29, 0.717) is 11.3 Å². The van der Waals surface area contributed by atoms with E-state index >= 15 is 0 Å². The second-order valence-electron chi connectivity index (χ2n) is 8.14. The van der Waals surface area contributed by atoms with E-state index in [0.717, 1.165) is 15.3 Å². The fraction of sp³-hybridized carbons (Fsp3) is 0.111. The summed E-state index contributed by atoms with van der Waals surface area (Å²) in [4.78, 5) is 18.5. The lowest BCUT2D eigenvalue weighted by Crippen LogP contribution is -2.29. The molecule has 0 spiro atoms. The summed E-state index contributed by atoms with van der Waals surface area (Å²) in [6.45, 7) is 1.83. The summed E-state index contributed by atoms with van der Waals surface area (Å²) in [6, 6.07) is 22.3. The van der Waals surface area contributed by atoms with E-state index in [9.17, 15) is 18.0 Å². The average Bonchev–Trinajstić information content (AvgIpc) is 3.15. The maximum atomic E-state index is 14.4. The van der Waals surface area contributed by atoms with Crippen molar-refractivity contribution in [2.45, 2.75) is 19.1 Å². The molecule has 0 fully saturated rings. The zero-order chi connectivity index (χ0) is 25.3. The fourth-order valence-corrected chi connectivity index (χ4v) is 4.06. The number of aryl methyl sites for hydroxylation is 1. The Morgan fingerprint density at radius 3 is 2.33 bits per heavy atom.